The lowest BCUT2D eigenvalue weighted by Gasteiger charge is -2.32. The summed E-state index contributed by atoms with van der Waals surface area (Å²) in [5.74, 6) is -0.204. The second-order valence-corrected chi connectivity index (χ2v) is 5.49. The molecule has 0 radical (unpaired) electrons. The van der Waals surface area contributed by atoms with Gasteiger partial charge in [-0.1, -0.05) is 25.5 Å². The van der Waals surface area contributed by atoms with E-state index in [2.05, 4.69) is 12.2 Å². The summed E-state index contributed by atoms with van der Waals surface area (Å²) < 4.78 is 18.4. The molecule has 0 aliphatic carbocycles. The molecule has 1 aliphatic heterocycles. The predicted molar refractivity (Wildman–Crippen MR) is 79.2 cm³/mol. The lowest BCUT2D eigenvalue weighted by atomic mass is 10.1. The highest BCUT2D eigenvalue weighted by atomic mass is 19.1. The van der Waals surface area contributed by atoms with Crippen LogP contribution in [0.25, 0.3) is 0 Å². The largest absolute Gasteiger partial charge is 0.383 e. The lowest BCUT2D eigenvalue weighted by Crippen LogP contribution is -2.42. The van der Waals surface area contributed by atoms with Crippen molar-refractivity contribution in [2.75, 3.05) is 13.7 Å². The van der Waals surface area contributed by atoms with Gasteiger partial charge in [-0.05, 0) is 31.0 Å². The Morgan fingerprint density at radius 1 is 1.38 bits per heavy atom. The minimum Gasteiger partial charge on any atom is -0.383 e. The molecule has 1 amide bonds. The van der Waals surface area contributed by atoms with E-state index in [1.54, 1.807) is 19.2 Å². The van der Waals surface area contributed by atoms with Crippen molar-refractivity contribution in [2.45, 2.75) is 44.9 Å². The smallest absolute Gasteiger partial charge is 0.241 e. The Labute approximate surface area is 125 Å². The van der Waals surface area contributed by atoms with Crippen molar-refractivity contribution in [2.24, 2.45) is 0 Å². The molecule has 0 bridgehead atoms. The molecule has 1 heterocycles. The number of rotatable bonds is 6. The molecular weight excluding hydrogens is 271 g/mol. The van der Waals surface area contributed by atoms with E-state index >= 15 is 0 Å². The fraction of sp³-hybridized carbons (Fsp3) is 0.562. The number of carbonyl (C=O) groups is 1. The van der Waals surface area contributed by atoms with Crippen LogP contribution in [0.5, 0.6) is 0 Å². The van der Waals surface area contributed by atoms with Gasteiger partial charge in [0.05, 0.1) is 18.7 Å². The second kappa shape index (κ2) is 7.00. The number of hydrogen-bond donors (Lipinski definition) is 1. The van der Waals surface area contributed by atoms with Crippen LogP contribution in [-0.4, -0.2) is 36.6 Å². The molecule has 3 atom stereocenters. The first kappa shape index (κ1) is 15.9. The summed E-state index contributed by atoms with van der Waals surface area (Å²) in [4.78, 5) is 14.3. The van der Waals surface area contributed by atoms with Gasteiger partial charge in [-0.2, -0.15) is 0 Å². The van der Waals surface area contributed by atoms with E-state index in [4.69, 9.17) is 4.74 Å². The minimum atomic E-state index is -0.273. The van der Waals surface area contributed by atoms with Crippen LogP contribution < -0.4 is 5.32 Å². The number of benzene rings is 1. The molecule has 4 nitrogen and oxygen atoms in total. The Balaban J connectivity index is 2.29. The molecule has 2 rings (SSSR count). The van der Waals surface area contributed by atoms with Gasteiger partial charge in [0, 0.05) is 7.11 Å². The van der Waals surface area contributed by atoms with Gasteiger partial charge < -0.3 is 9.64 Å². The molecule has 1 aromatic rings. The summed E-state index contributed by atoms with van der Waals surface area (Å²) in [6.07, 6.45) is 1.63. The normalized spacial score (nSPS) is 23.6. The number of methoxy groups -OCH3 is 1. The monoisotopic (exact) mass is 294 g/mol. The summed E-state index contributed by atoms with van der Waals surface area (Å²) in [6, 6.07) is 6.08. The van der Waals surface area contributed by atoms with Crippen LogP contribution in [0.15, 0.2) is 24.3 Å². The van der Waals surface area contributed by atoms with E-state index in [0.717, 1.165) is 18.4 Å². The van der Waals surface area contributed by atoms with E-state index < -0.39 is 0 Å². The maximum absolute atomic E-state index is 13.1. The average molecular weight is 294 g/mol. The van der Waals surface area contributed by atoms with E-state index in [1.807, 2.05) is 11.8 Å². The molecule has 0 saturated carbocycles. The number of nitrogens with zero attached hydrogens (tertiary/aromatic N) is 1. The minimum absolute atomic E-state index is 0.0278. The van der Waals surface area contributed by atoms with Crippen molar-refractivity contribution in [1.29, 1.82) is 0 Å². The molecule has 0 aromatic heterocycles. The first-order chi connectivity index (χ1) is 10.1. The third-order valence-corrected chi connectivity index (χ3v) is 3.87. The molecular formula is C16H23FN2O2. The second-order valence-electron chi connectivity index (χ2n) is 5.49. The fourth-order valence-electron chi connectivity index (χ4n) is 2.86. The summed E-state index contributed by atoms with van der Waals surface area (Å²) in [5.41, 5.74) is 0.895. The molecule has 3 unspecified atom stereocenters. The van der Waals surface area contributed by atoms with Gasteiger partial charge in [0.2, 0.25) is 5.91 Å². The molecule has 21 heavy (non-hydrogen) atoms. The van der Waals surface area contributed by atoms with Gasteiger partial charge in [-0.25, -0.2) is 4.39 Å². The number of nitrogens with one attached hydrogen (secondary N) is 1. The van der Waals surface area contributed by atoms with Crippen LogP contribution in [0.1, 0.15) is 38.4 Å². The highest BCUT2D eigenvalue weighted by Gasteiger charge is 2.40. The molecule has 1 aromatic carbocycles. The van der Waals surface area contributed by atoms with Crippen LogP contribution in [0.3, 0.4) is 0 Å². The first-order valence-corrected chi connectivity index (χ1v) is 7.41. The summed E-state index contributed by atoms with van der Waals surface area (Å²) in [6.45, 7) is 4.45. The zero-order valence-electron chi connectivity index (χ0n) is 12.8. The Hall–Kier alpha value is -1.46. The van der Waals surface area contributed by atoms with Gasteiger partial charge in [-0.3, -0.25) is 10.1 Å². The third-order valence-electron chi connectivity index (χ3n) is 3.87. The fourth-order valence-corrected chi connectivity index (χ4v) is 2.86. The Kier molecular flexibility index (Phi) is 5.31. The standard InChI is InChI=1S/C16H23FN2O2/c1-4-5-14(10-21-3)19-15(18-11(2)16(19)20)12-6-8-13(17)9-7-12/h6-9,11,14-15,18H,4-5,10H2,1-3H3. The lowest BCUT2D eigenvalue weighted by molar-refractivity contribution is -0.133. The number of ether oxygens (including phenoxy) is 1. The van der Waals surface area contributed by atoms with Crippen LogP contribution in [-0.2, 0) is 9.53 Å². The third kappa shape index (κ3) is 3.41. The quantitative estimate of drug-likeness (QED) is 0.876. The van der Waals surface area contributed by atoms with Crippen molar-refractivity contribution in [3.05, 3.63) is 35.6 Å². The average Bonchev–Trinajstić information content (AvgIpc) is 2.75. The SMILES string of the molecule is CCCC(COC)N1C(=O)C(C)NC1c1ccc(F)cc1. The van der Waals surface area contributed by atoms with Crippen molar-refractivity contribution < 1.29 is 13.9 Å². The highest BCUT2D eigenvalue weighted by Crippen LogP contribution is 2.29. The molecule has 1 N–H and O–H groups in total. The van der Waals surface area contributed by atoms with Gasteiger partial charge in [-0.15, -0.1) is 0 Å². The zero-order chi connectivity index (χ0) is 15.4. The highest BCUT2D eigenvalue weighted by molar-refractivity contribution is 5.84. The van der Waals surface area contributed by atoms with Gasteiger partial charge in [0.15, 0.2) is 0 Å². The number of carbonyl (C=O) groups excluding carboxylic acids is 1. The Morgan fingerprint density at radius 2 is 2.05 bits per heavy atom. The molecule has 1 fully saturated rings. The zero-order valence-corrected chi connectivity index (χ0v) is 12.8. The topological polar surface area (TPSA) is 41.6 Å². The van der Waals surface area contributed by atoms with E-state index in [1.165, 1.54) is 12.1 Å². The van der Waals surface area contributed by atoms with E-state index in [0.29, 0.717) is 6.61 Å². The van der Waals surface area contributed by atoms with Crippen LogP contribution in [0.2, 0.25) is 0 Å². The van der Waals surface area contributed by atoms with Crippen LogP contribution >= 0.6 is 0 Å². The van der Waals surface area contributed by atoms with Gasteiger partial charge >= 0.3 is 0 Å². The maximum atomic E-state index is 13.1. The Bertz CT molecular complexity index is 472. The summed E-state index contributed by atoms with van der Waals surface area (Å²) >= 11 is 0. The maximum Gasteiger partial charge on any atom is 0.241 e. The molecule has 116 valence electrons. The molecule has 0 spiro atoms. The number of halogens is 1. The first-order valence-electron chi connectivity index (χ1n) is 7.41. The number of hydrogen-bond acceptors (Lipinski definition) is 3. The summed E-state index contributed by atoms with van der Waals surface area (Å²) in [5, 5.41) is 3.29. The van der Waals surface area contributed by atoms with Crippen LogP contribution in [0, 0.1) is 5.82 Å². The van der Waals surface area contributed by atoms with Crippen molar-refractivity contribution in [1.82, 2.24) is 10.2 Å². The van der Waals surface area contributed by atoms with Gasteiger partial charge in [0.25, 0.3) is 0 Å². The number of amides is 1. The molecule has 1 aliphatic rings. The van der Waals surface area contributed by atoms with Crippen molar-refractivity contribution in [3.8, 4) is 0 Å². The van der Waals surface area contributed by atoms with Crippen molar-refractivity contribution in [3.63, 3.8) is 0 Å². The predicted octanol–water partition coefficient (Wildman–Crippen LogP) is 2.46. The molecule has 5 heteroatoms. The Morgan fingerprint density at radius 3 is 2.62 bits per heavy atom. The molecule has 1 saturated heterocycles. The van der Waals surface area contributed by atoms with E-state index in [9.17, 15) is 9.18 Å². The van der Waals surface area contributed by atoms with E-state index in [-0.39, 0.29) is 30.0 Å². The van der Waals surface area contributed by atoms with Crippen LogP contribution in [0.4, 0.5) is 4.39 Å². The van der Waals surface area contributed by atoms with Gasteiger partial charge in [0.1, 0.15) is 12.0 Å². The summed E-state index contributed by atoms with van der Waals surface area (Å²) in [7, 11) is 1.65. The van der Waals surface area contributed by atoms with Crippen molar-refractivity contribution >= 4 is 5.91 Å².